The van der Waals surface area contributed by atoms with Crippen LogP contribution in [0.15, 0.2) is 24.3 Å². The average molecular weight is 298 g/mol. The number of benzene rings is 1. The van der Waals surface area contributed by atoms with Crippen molar-refractivity contribution in [3.05, 3.63) is 41.1 Å². The molecule has 1 unspecified atom stereocenters. The Morgan fingerprint density at radius 3 is 2.82 bits per heavy atom. The van der Waals surface area contributed by atoms with Crippen LogP contribution in [0.3, 0.4) is 0 Å². The second kappa shape index (κ2) is 6.05. The van der Waals surface area contributed by atoms with Crippen molar-refractivity contribution in [3.63, 3.8) is 0 Å². The molecule has 4 nitrogen and oxygen atoms in total. The van der Waals surface area contributed by atoms with Gasteiger partial charge in [-0.1, -0.05) is 11.6 Å². The molecule has 0 saturated heterocycles. The largest absolute Gasteiger partial charge is 0.396 e. The molecule has 0 radical (unpaired) electrons. The highest BCUT2D eigenvalue weighted by molar-refractivity contribution is 5.98. The highest BCUT2D eigenvalue weighted by Crippen LogP contribution is 2.34. The number of carbonyl (C=O) groups is 1. The Kier molecular flexibility index (Phi) is 4.12. The fourth-order valence-electron chi connectivity index (χ4n) is 2.93. The lowest BCUT2D eigenvalue weighted by Gasteiger charge is -2.18. The Morgan fingerprint density at radius 2 is 2.14 bits per heavy atom. The number of aliphatic hydroxyl groups is 1. The summed E-state index contributed by atoms with van der Waals surface area (Å²) in [6.45, 7) is 4.01. The van der Waals surface area contributed by atoms with Crippen LogP contribution < -0.4 is 5.32 Å². The van der Waals surface area contributed by atoms with Gasteiger partial charge in [0.1, 0.15) is 0 Å². The molecule has 0 bridgehead atoms. The van der Waals surface area contributed by atoms with Crippen LogP contribution in [0.2, 0.25) is 0 Å². The van der Waals surface area contributed by atoms with Gasteiger partial charge in [0.05, 0.1) is 16.8 Å². The maximum absolute atomic E-state index is 12.6. The number of pyridine rings is 1. The number of rotatable bonds is 5. The van der Waals surface area contributed by atoms with E-state index in [1.165, 1.54) is 0 Å². The van der Waals surface area contributed by atoms with Crippen molar-refractivity contribution < 1.29 is 9.90 Å². The number of amides is 1. The summed E-state index contributed by atoms with van der Waals surface area (Å²) in [6.07, 6.45) is 2.90. The fraction of sp³-hybridized carbons (Fsp3) is 0.444. The molecule has 1 atom stereocenters. The molecule has 0 aliphatic heterocycles. The molecular formula is C18H22N2O2. The van der Waals surface area contributed by atoms with Gasteiger partial charge < -0.3 is 10.4 Å². The SMILES string of the molecule is Cc1ccc2nc(C)c(C(=O)NC(CCO)C3CC3)cc2c1. The molecule has 1 aliphatic rings. The van der Waals surface area contributed by atoms with Gasteiger partial charge in [-0.3, -0.25) is 9.78 Å². The molecule has 1 fully saturated rings. The first kappa shape index (κ1) is 15.0. The molecule has 1 heterocycles. The predicted molar refractivity (Wildman–Crippen MR) is 86.9 cm³/mol. The zero-order chi connectivity index (χ0) is 15.7. The van der Waals surface area contributed by atoms with E-state index in [0.29, 0.717) is 17.9 Å². The van der Waals surface area contributed by atoms with E-state index in [1.54, 1.807) is 0 Å². The zero-order valence-electron chi connectivity index (χ0n) is 13.1. The number of fused-ring (bicyclic) bond motifs is 1. The molecule has 1 aromatic heterocycles. The van der Waals surface area contributed by atoms with Crippen molar-refractivity contribution in [1.82, 2.24) is 10.3 Å². The van der Waals surface area contributed by atoms with Gasteiger partial charge in [-0.2, -0.15) is 0 Å². The Labute approximate surface area is 130 Å². The third kappa shape index (κ3) is 3.12. The quantitative estimate of drug-likeness (QED) is 0.892. The molecule has 1 saturated carbocycles. The van der Waals surface area contributed by atoms with E-state index < -0.39 is 0 Å². The van der Waals surface area contributed by atoms with Crippen LogP contribution in [0.5, 0.6) is 0 Å². The first-order chi connectivity index (χ1) is 10.6. The third-order valence-corrected chi connectivity index (χ3v) is 4.35. The maximum atomic E-state index is 12.6. The molecule has 3 rings (SSSR count). The van der Waals surface area contributed by atoms with E-state index in [4.69, 9.17) is 5.11 Å². The molecule has 22 heavy (non-hydrogen) atoms. The molecule has 1 amide bonds. The van der Waals surface area contributed by atoms with E-state index in [1.807, 2.05) is 38.1 Å². The van der Waals surface area contributed by atoms with Gasteiger partial charge in [0.15, 0.2) is 0 Å². The summed E-state index contributed by atoms with van der Waals surface area (Å²) >= 11 is 0. The van der Waals surface area contributed by atoms with Crippen molar-refractivity contribution >= 4 is 16.8 Å². The van der Waals surface area contributed by atoms with E-state index in [0.717, 1.165) is 35.0 Å². The summed E-state index contributed by atoms with van der Waals surface area (Å²) in [6, 6.07) is 8.05. The van der Waals surface area contributed by atoms with Gasteiger partial charge in [0.25, 0.3) is 5.91 Å². The molecule has 0 spiro atoms. The summed E-state index contributed by atoms with van der Waals surface area (Å²) in [5.41, 5.74) is 3.43. The predicted octanol–water partition coefficient (Wildman–Crippen LogP) is 2.74. The minimum absolute atomic E-state index is 0.0742. The number of nitrogens with zero attached hydrogens (tertiary/aromatic N) is 1. The van der Waals surface area contributed by atoms with Crippen molar-refractivity contribution in [3.8, 4) is 0 Å². The fourth-order valence-corrected chi connectivity index (χ4v) is 2.93. The number of carbonyl (C=O) groups excluding carboxylic acids is 1. The topological polar surface area (TPSA) is 62.2 Å². The summed E-state index contributed by atoms with van der Waals surface area (Å²) < 4.78 is 0. The number of hydrogen-bond donors (Lipinski definition) is 2. The Bertz CT molecular complexity index is 708. The second-order valence-corrected chi connectivity index (χ2v) is 6.25. The van der Waals surface area contributed by atoms with Crippen LogP contribution in [0.25, 0.3) is 10.9 Å². The van der Waals surface area contributed by atoms with Crippen molar-refractivity contribution in [1.29, 1.82) is 0 Å². The average Bonchev–Trinajstić information content (AvgIpc) is 3.31. The van der Waals surface area contributed by atoms with Gasteiger partial charge in [-0.15, -0.1) is 0 Å². The first-order valence-corrected chi connectivity index (χ1v) is 7.88. The normalized spacial score (nSPS) is 15.8. The lowest BCUT2D eigenvalue weighted by Crippen LogP contribution is -2.37. The van der Waals surface area contributed by atoms with Gasteiger partial charge in [-0.05, 0) is 57.2 Å². The van der Waals surface area contributed by atoms with E-state index >= 15 is 0 Å². The number of aliphatic hydroxyl groups excluding tert-OH is 1. The number of hydrogen-bond acceptors (Lipinski definition) is 3. The van der Waals surface area contributed by atoms with E-state index in [9.17, 15) is 4.79 Å². The van der Waals surface area contributed by atoms with Crippen LogP contribution in [0.4, 0.5) is 0 Å². The third-order valence-electron chi connectivity index (χ3n) is 4.35. The molecule has 116 valence electrons. The number of nitrogens with one attached hydrogen (secondary N) is 1. The second-order valence-electron chi connectivity index (χ2n) is 6.25. The minimum atomic E-state index is -0.0845. The van der Waals surface area contributed by atoms with Crippen molar-refractivity contribution in [2.75, 3.05) is 6.61 Å². The van der Waals surface area contributed by atoms with E-state index in [2.05, 4.69) is 10.3 Å². The molecule has 4 heteroatoms. The van der Waals surface area contributed by atoms with Gasteiger partial charge in [0.2, 0.25) is 0 Å². The van der Waals surface area contributed by atoms with Crippen LogP contribution in [0, 0.1) is 19.8 Å². The Morgan fingerprint density at radius 1 is 1.36 bits per heavy atom. The van der Waals surface area contributed by atoms with Crippen molar-refractivity contribution in [2.45, 2.75) is 39.2 Å². The number of aromatic nitrogens is 1. The van der Waals surface area contributed by atoms with Crippen molar-refractivity contribution in [2.24, 2.45) is 5.92 Å². The minimum Gasteiger partial charge on any atom is -0.396 e. The summed E-state index contributed by atoms with van der Waals surface area (Å²) in [5, 5.41) is 13.2. The molecular weight excluding hydrogens is 276 g/mol. The highest BCUT2D eigenvalue weighted by atomic mass is 16.3. The van der Waals surface area contributed by atoms with Gasteiger partial charge >= 0.3 is 0 Å². The van der Waals surface area contributed by atoms with Crippen LogP contribution >= 0.6 is 0 Å². The van der Waals surface area contributed by atoms with Gasteiger partial charge in [0, 0.05) is 18.0 Å². The van der Waals surface area contributed by atoms with Crippen LogP contribution in [-0.2, 0) is 0 Å². The lowest BCUT2D eigenvalue weighted by molar-refractivity contribution is 0.0923. The maximum Gasteiger partial charge on any atom is 0.253 e. The number of aryl methyl sites for hydroxylation is 2. The molecule has 1 aromatic carbocycles. The van der Waals surface area contributed by atoms with E-state index in [-0.39, 0.29) is 18.6 Å². The Hall–Kier alpha value is -1.94. The molecule has 1 aliphatic carbocycles. The lowest BCUT2D eigenvalue weighted by atomic mass is 10.1. The molecule has 2 aromatic rings. The Balaban J connectivity index is 1.87. The molecule has 2 N–H and O–H groups in total. The summed E-state index contributed by atoms with van der Waals surface area (Å²) in [4.78, 5) is 17.1. The van der Waals surface area contributed by atoms with Crippen LogP contribution in [0.1, 0.15) is 40.9 Å². The standard InChI is InChI=1S/C18H22N2O2/c1-11-3-6-16-14(9-11)10-15(12(2)19-16)18(22)20-17(7-8-21)13-4-5-13/h3,6,9-10,13,17,21H,4-5,7-8H2,1-2H3,(H,20,22). The zero-order valence-corrected chi connectivity index (χ0v) is 13.1. The smallest absolute Gasteiger partial charge is 0.253 e. The highest BCUT2D eigenvalue weighted by Gasteiger charge is 2.32. The summed E-state index contributed by atoms with van der Waals surface area (Å²) in [5.74, 6) is 0.436. The van der Waals surface area contributed by atoms with Crippen LogP contribution in [-0.4, -0.2) is 28.6 Å². The van der Waals surface area contributed by atoms with Gasteiger partial charge in [-0.25, -0.2) is 0 Å². The monoisotopic (exact) mass is 298 g/mol. The first-order valence-electron chi connectivity index (χ1n) is 7.88. The summed E-state index contributed by atoms with van der Waals surface area (Å²) in [7, 11) is 0.